The molecule has 0 fully saturated rings. The Bertz CT molecular complexity index is 1220. The van der Waals surface area contributed by atoms with Crippen LogP contribution in [-0.4, -0.2) is 38.7 Å². The predicted molar refractivity (Wildman–Crippen MR) is 132 cm³/mol. The largest absolute Gasteiger partial charge is 0.494 e. The molecule has 9 heteroatoms. The fraction of sp³-hybridized carbons (Fsp3) is 0.320. The van der Waals surface area contributed by atoms with Crippen LogP contribution in [0.5, 0.6) is 5.75 Å². The molecular formula is C25H29ClN4O4. The molecule has 0 spiro atoms. The Hall–Kier alpha value is -3.36. The van der Waals surface area contributed by atoms with E-state index in [1.54, 1.807) is 6.92 Å². The fourth-order valence-corrected chi connectivity index (χ4v) is 3.97. The van der Waals surface area contributed by atoms with E-state index in [0.29, 0.717) is 35.6 Å². The van der Waals surface area contributed by atoms with Gasteiger partial charge in [-0.2, -0.15) is 0 Å². The molecule has 2 heterocycles. The van der Waals surface area contributed by atoms with Crippen molar-refractivity contribution in [1.82, 2.24) is 20.3 Å². The molecule has 0 aliphatic heterocycles. The third-order valence-electron chi connectivity index (χ3n) is 5.81. The number of nitrogens with one attached hydrogen (secondary N) is 2. The second kappa shape index (κ2) is 10.7. The maximum absolute atomic E-state index is 12.9. The number of halogens is 1. The molecule has 2 atom stereocenters. The van der Waals surface area contributed by atoms with Gasteiger partial charge < -0.3 is 24.6 Å². The van der Waals surface area contributed by atoms with Crippen molar-refractivity contribution in [3.8, 4) is 17.2 Å². The minimum Gasteiger partial charge on any atom is -0.494 e. The van der Waals surface area contributed by atoms with Gasteiger partial charge in [-0.05, 0) is 50.1 Å². The summed E-state index contributed by atoms with van der Waals surface area (Å²) in [4.78, 5) is 24.4. The molecule has 0 saturated carbocycles. The number of benzene rings is 2. The normalized spacial score (nSPS) is 13.6. The van der Waals surface area contributed by atoms with Crippen LogP contribution in [0.15, 0.2) is 59.4 Å². The molecule has 0 radical (unpaired) electrons. The van der Waals surface area contributed by atoms with E-state index in [4.69, 9.17) is 14.1 Å². The van der Waals surface area contributed by atoms with Crippen LogP contribution in [0.1, 0.15) is 49.7 Å². The molecule has 0 unspecified atom stereocenters. The summed E-state index contributed by atoms with van der Waals surface area (Å²) < 4.78 is 11.7. The summed E-state index contributed by atoms with van der Waals surface area (Å²) in [5.74, 6) is 0.855. The number of aromatic nitrogens is 3. The Morgan fingerprint density at radius 3 is 2.62 bits per heavy atom. The number of para-hydroxylation sites is 1. The van der Waals surface area contributed by atoms with E-state index in [1.807, 2.05) is 49.4 Å². The lowest BCUT2D eigenvalue weighted by atomic mass is 9.81. The summed E-state index contributed by atoms with van der Waals surface area (Å²) in [5, 5.41) is 13.8. The zero-order valence-corrected chi connectivity index (χ0v) is 20.2. The summed E-state index contributed by atoms with van der Waals surface area (Å²) in [6.07, 6.45) is 3.43. The van der Waals surface area contributed by atoms with Crippen molar-refractivity contribution in [2.75, 3.05) is 6.61 Å². The van der Waals surface area contributed by atoms with Gasteiger partial charge in [-0.25, -0.2) is 9.97 Å². The van der Waals surface area contributed by atoms with Gasteiger partial charge in [-0.15, -0.1) is 12.4 Å². The van der Waals surface area contributed by atoms with E-state index in [2.05, 4.69) is 22.2 Å². The van der Waals surface area contributed by atoms with Gasteiger partial charge >= 0.3 is 0 Å². The third kappa shape index (κ3) is 4.78. The van der Waals surface area contributed by atoms with E-state index >= 15 is 0 Å². The lowest BCUT2D eigenvalue weighted by Crippen LogP contribution is -2.53. The first-order valence-electron chi connectivity index (χ1n) is 11.1. The molecule has 180 valence electrons. The topological polar surface area (TPSA) is 113 Å². The third-order valence-corrected chi connectivity index (χ3v) is 5.81. The predicted octanol–water partition coefficient (Wildman–Crippen LogP) is 4.84. The van der Waals surface area contributed by atoms with Crippen LogP contribution in [0, 0.1) is 0 Å². The van der Waals surface area contributed by atoms with E-state index in [-0.39, 0.29) is 24.0 Å². The smallest absolute Gasteiger partial charge is 0.272 e. The number of carbonyl (C=O) groups is 1. The first kappa shape index (κ1) is 25.3. The number of carbonyl (C=O) groups excluding carboxylic acids is 1. The zero-order valence-electron chi connectivity index (χ0n) is 19.4. The first-order chi connectivity index (χ1) is 16.0. The van der Waals surface area contributed by atoms with Crippen molar-refractivity contribution in [2.45, 2.75) is 45.3 Å². The van der Waals surface area contributed by atoms with E-state index in [9.17, 15) is 9.90 Å². The Morgan fingerprint density at radius 2 is 2.00 bits per heavy atom. The second-order valence-electron chi connectivity index (χ2n) is 7.95. The van der Waals surface area contributed by atoms with Crippen molar-refractivity contribution in [3.05, 3.63) is 66.2 Å². The van der Waals surface area contributed by atoms with Crippen LogP contribution >= 0.6 is 12.4 Å². The Balaban J connectivity index is 0.00000324. The zero-order chi connectivity index (χ0) is 23.4. The van der Waals surface area contributed by atoms with Crippen molar-refractivity contribution < 1.29 is 19.1 Å². The highest BCUT2D eigenvalue weighted by molar-refractivity contribution is 5.93. The molecule has 0 aliphatic rings. The van der Waals surface area contributed by atoms with Crippen molar-refractivity contribution in [1.29, 1.82) is 0 Å². The number of nitrogens with zero attached hydrogens (tertiary/aromatic N) is 2. The maximum atomic E-state index is 12.9. The standard InChI is InChI=1S/C25H28N4O4.ClH/c1-4-13-32-18-11-9-17(10-12-18)24-28-22-19(7-6-8-21(22)33-24)25(5-2,16(3)30)29-23(31)20-14-26-15-27-20;/h6-12,14-16,30H,4-5,13H2,1-3H3,(H,26,27)(H,29,31);1H/t16-,25-;/m0./s1. The molecule has 8 nitrogen and oxygen atoms in total. The summed E-state index contributed by atoms with van der Waals surface area (Å²) >= 11 is 0. The number of hydrogen-bond acceptors (Lipinski definition) is 6. The quantitative estimate of drug-likeness (QED) is 0.313. The first-order valence-corrected chi connectivity index (χ1v) is 11.1. The van der Waals surface area contributed by atoms with Crippen LogP contribution in [0.3, 0.4) is 0 Å². The summed E-state index contributed by atoms with van der Waals surface area (Å²) in [7, 11) is 0. The number of aliphatic hydroxyl groups is 1. The van der Waals surface area contributed by atoms with Gasteiger partial charge in [0.1, 0.15) is 17.0 Å². The molecule has 34 heavy (non-hydrogen) atoms. The van der Waals surface area contributed by atoms with E-state index < -0.39 is 11.6 Å². The highest BCUT2D eigenvalue weighted by Gasteiger charge is 2.40. The summed E-state index contributed by atoms with van der Waals surface area (Å²) in [5.41, 5.74) is 1.80. The van der Waals surface area contributed by atoms with Gasteiger partial charge in [0.15, 0.2) is 5.58 Å². The molecule has 2 aromatic carbocycles. The van der Waals surface area contributed by atoms with E-state index in [0.717, 1.165) is 17.7 Å². The van der Waals surface area contributed by atoms with Crippen molar-refractivity contribution in [3.63, 3.8) is 0 Å². The Morgan fingerprint density at radius 1 is 1.24 bits per heavy atom. The molecule has 2 aromatic heterocycles. The molecular weight excluding hydrogens is 456 g/mol. The van der Waals surface area contributed by atoms with Crippen molar-refractivity contribution in [2.24, 2.45) is 0 Å². The number of ether oxygens (including phenoxy) is 1. The summed E-state index contributed by atoms with van der Waals surface area (Å²) in [6, 6.07) is 13.1. The van der Waals surface area contributed by atoms with Crippen LogP contribution < -0.4 is 10.1 Å². The highest BCUT2D eigenvalue weighted by atomic mass is 35.5. The molecule has 1 amide bonds. The van der Waals surface area contributed by atoms with Gasteiger partial charge in [-0.1, -0.05) is 26.0 Å². The Kier molecular flexibility index (Phi) is 7.96. The average molecular weight is 485 g/mol. The number of imidazole rings is 1. The van der Waals surface area contributed by atoms with Crippen molar-refractivity contribution >= 4 is 29.4 Å². The SMILES string of the molecule is CCCOc1ccc(-c2nc3c([C@@](CC)(NC(=O)c4c[nH]cn4)[C@H](C)O)cccc3o2)cc1.Cl. The molecule has 0 aliphatic carbocycles. The lowest BCUT2D eigenvalue weighted by molar-refractivity contribution is 0.0555. The van der Waals surface area contributed by atoms with Crippen LogP contribution in [-0.2, 0) is 5.54 Å². The minimum absolute atomic E-state index is 0. The number of rotatable bonds is 9. The lowest BCUT2D eigenvalue weighted by Gasteiger charge is -2.37. The molecule has 3 N–H and O–H groups in total. The number of H-pyrrole nitrogens is 1. The van der Waals surface area contributed by atoms with Gasteiger partial charge in [0, 0.05) is 17.3 Å². The summed E-state index contributed by atoms with van der Waals surface area (Å²) in [6.45, 7) is 6.29. The van der Waals surface area contributed by atoms with Crippen LogP contribution in [0.4, 0.5) is 0 Å². The van der Waals surface area contributed by atoms with Gasteiger partial charge in [0.2, 0.25) is 5.89 Å². The molecule has 4 aromatic rings. The number of aliphatic hydroxyl groups excluding tert-OH is 1. The minimum atomic E-state index is -1.08. The fourth-order valence-electron chi connectivity index (χ4n) is 3.97. The van der Waals surface area contributed by atoms with Gasteiger partial charge in [0.05, 0.1) is 24.6 Å². The highest BCUT2D eigenvalue weighted by Crippen LogP contribution is 2.36. The van der Waals surface area contributed by atoms with Gasteiger partial charge in [0.25, 0.3) is 5.91 Å². The van der Waals surface area contributed by atoms with Gasteiger partial charge in [-0.3, -0.25) is 4.79 Å². The Labute approximate surface area is 204 Å². The number of aromatic amines is 1. The number of hydrogen-bond donors (Lipinski definition) is 3. The maximum Gasteiger partial charge on any atom is 0.272 e. The average Bonchev–Trinajstić information content (AvgIpc) is 3.51. The van der Waals surface area contributed by atoms with Crippen LogP contribution in [0.25, 0.3) is 22.6 Å². The molecule has 4 rings (SSSR count). The molecule has 0 saturated heterocycles. The van der Waals surface area contributed by atoms with E-state index in [1.165, 1.54) is 12.5 Å². The number of amides is 1. The molecule has 0 bridgehead atoms. The van der Waals surface area contributed by atoms with Crippen LogP contribution in [0.2, 0.25) is 0 Å². The number of oxazole rings is 1. The monoisotopic (exact) mass is 484 g/mol. The second-order valence-corrected chi connectivity index (χ2v) is 7.95. The number of fused-ring (bicyclic) bond motifs is 1.